The smallest absolute Gasteiger partial charge is 0.377 e. The quantitative estimate of drug-likeness (QED) is 0.874. The fourth-order valence-electron chi connectivity index (χ4n) is 1.70. The number of anilines is 1. The third-order valence-corrected chi connectivity index (χ3v) is 2.77. The number of esters is 1. The summed E-state index contributed by atoms with van der Waals surface area (Å²) in [6, 6.07) is 8.79. The number of carbonyl (C=O) groups is 2. The maximum atomic E-state index is 12.0. The number of aromatic nitrogens is 1. The molecule has 0 aliphatic carbocycles. The van der Waals surface area contributed by atoms with Crippen LogP contribution in [0.4, 0.5) is 5.69 Å². The molecule has 21 heavy (non-hydrogen) atoms. The van der Waals surface area contributed by atoms with Crippen LogP contribution in [0.15, 0.2) is 34.9 Å². The van der Waals surface area contributed by atoms with Crippen molar-refractivity contribution in [3.05, 3.63) is 47.3 Å². The summed E-state index contributed by atoms with van der Waals surface area (Å²) in [5.74, 6) is -1.16. The lowest BCUT2D eigenvalue weighted by Crippen LogP contribution is -2.29. The highest BCUT2D eigenvalue weighted by atomic mass is 16.6. The third-order valence-electron chi connectivity index (χ3n) is 2.77. The SMILES string of the molecule is Cc1cccc(NC(=O)[C@H](C)OC(=O)c2cc(C)no2)c1. The van der Waals surface area contributed by atoms with Crippen molar-refractivity contribution in [1.82, 2.24) is 5.16 Å². The third kappa shape index (κ3) is 3.92. The Bertz CT molecular complexity index is 663. The average Bonchev–Trinajstić information content (AvgIpc) is 2.85. The van der Waals surface area contributed by atoms with Crippen molar-refractivity contribution in [2.24, 2.45) is 0 Å². The van der Waals surface area contributed by atoms with Gasteiger partial charge in [-0.25, -0.2) is 4.79 Å². The maximum Gasteiger partial charge on any atom is 0.377 e. The molecule has 1 atom stereocenters. The van der Waals surface area contributed by atoms with Gasteiger partial charge in [0.25, 0.3) is 5.91 Å². The number of carbonyl (C=O) groups excluding carboxylic acids is 2. The number of hydrogen-bond donors (Lipinski definition) is 1. The van der Waals surface area contributed by atoms with E-state index in [9.17, 15) is 9.59 Å². The molecule has 0 radical (unpaired) electrons. The van der Waals surface area contributed by atoms with Crippen molar-refractivity contribution in [3.63, 3.8) is 0 Å². The van der Waals surface area contributed by atoms with E-state index in [-0.39, 0.29) is 5.76 Å². The summed E-state index contributed by atoms with van der Waals surface area (Å²) in [5, 5.41) is 6.27. The standard InChI is InChI=1S/C15H16N2O4/c1-9-5-4-6-12(7-9)16-14(18)11(3)20-15(19)13-8-10(2)17-21-13/h4-8,11H,1-3H3,(H,16,18)/t11-/m0/s1. The molecule has 6 heteroatoms. The summed E-state index contributed by atoms with van der Waals surface area (Å²) in [6.45, 7) is 5.10. The first-order chi connectivity index (χ1) is 9.95. The molecule has 110 valence electrons. The molecule has 0 unspecified atom stereocenters. The monoisotopic (exact) mass is 288 g/mol. The summed E-state index contributed by atoms with van der Waals surface area (Å²) in [4.78, 5) is 23.7. The molecule has 0 fully saturated rings. The van der Waals surface area contributed by atoms with Gasteiger partial charge in [0.2, 0.25) is 5.76 Å². The van der Waals surface area contributed by atoms with Gasteiger partial charge in [0, 0.05) is 11.8 Å². The summed E-state index contributed by atoms with van der Waals surface area (Å²) in [6.07, 6.45) is -0.941. The van der Waals surface area contributed by atoms with Gasteiger partial charge < -0.3 is 14.6 Å². The normalized spacial score (nSPS) is 11.8. The molecular formula is C15H16N2O4. The van der Waals surface area contributed by atoms with E-state index in [4.69, 9.17) is 9.26 Å². The zero-order valence-electron chi connectivity index (χ0n) is 12.0. The van der Waals surface area contributed by atoms with E-state index in [1.54, 1.807) is 13.0 Å². The van der Waals surface area contributed by atoms with E-state index in [2.05, 4.69) is 10.5 Å². The predicted molar refractivity (Wildman–Crippen MR) is 75.9 cm³/mol. The predicted octanol–water partition coefficient (Wildman–Crippen LogP) is 2.48. The van der Waals surface area contributed by atoms with Gasteiger partial charge in [-0.15, -0.1) is 0 Å². The van der Waals surface area contributed by atoms with Gasteiger partial charge in [-0.3, -0.25) is 4.79 Å². The van der Waals surface area contributed by atoms with Crippen LogP contribution in [-0.4, -0.2) is 23.1 Å². The fraction of sp³-hybridized carbons (Fsp3) is 0.267. The number of nitrogens with zero attached hydrogens (tertiary/aromatic N) is 1. The van der Waals surface area contributed by atoms with Crippen LogP contribution in [0, 0.1) is 13.8 Å². The maximum absolute atomic E-state index is 12.0. The first-order valence-electron chi connectivity index (χ1n) is 6.47. The van der Waals surface area contributed by atoms with E-state index in [0.29, 0.717) is 11.4 Å². The van der Waals surface area contributed by atoms with E-state index in [0.717, 1.165) is 5.56 Å². The highest BCUT2D eigenvalue weighted by Crippen LogP contribution is 2.11. The van der Waals surface area contributed by atoms with Crippen LogP contribution in [-0.2, 0) is 9.53 Å². The Hall–Kier alpha value is -2.63. The van der Waals surface area contributed by atoms with Gasteiger partial charge in [0.1, 0.15) is 0 Å². The Morgan fingerprint density at radius 1 is 1.29 bits per heavy atom. The number of rotatable bonds is 4. The molecule has 6 nitrogen and oxygen atoms in total. The first-order valence-corrected chi connectivity index (χ1v) is 6.47. The highest BCUT2D eigenvalue weighted by Gasteiger charge is 2.21. The molecule has 1 heterocycles. The Morgan fingerprint density at radius 2 is 2.05 bits per heavy atom. The second-order valence-corrected chi connectivity index (χ2v) is 4.74. The van der Waals surface area contributed by atoms with Gasteiger partial charge in [-0.05, 0) is 38.5 Å². The molecule has 0 bridgehead atoms. The lowest BCUT2D eigenvalue weighted by molar-refractivity contribution is -0.123. The Balaban J connectivity index is 1.95. The van der Waals surface area contributed by atoms with Gasteiger partial charge in [0.15, 0.2) is 6.10 Å². The van der Waals surface area contributed by atoms with Crippen LogP contribution in [0.1, 0.15) is 28.7 Å². The average molecular weight is 288 g/mol. The highest BCUT2D eigenvalue weighted by molar-refractivity contribution is 5.96. The molecule has 0 spiro atoms. The van der Waals surface area contributed by atoms with Crippen molar-refractivity contribution in [2.75, 3.05) is 5.32 Å². The molecule has 1 aromatic heterocycles. The molecule has 0 aliphatic heterocycles. The lowest BCUT2D eigenvalue weighted by atomic mass is 10.2. The van der Waals surface area contributed by atoms with Crippen LogP contribution < -0.4 is 5.32 Å². The van der Waals surface area contributed by atoms with Crippen LogP contribution in [0.25, 0.3) is 0 Å². The topological polar surface area (TPSA) is 81.4 Å². The minimum atomic E-state index is -0.941. The summed E-state index contributed by atoms with van der Waals surface area (Å²) in [5.41, 5.74) is 2.24. The van der Waals surface area contributed by atoms with E-state index in [1.807, 2.05) is 25.1 Å². The van der Waals surface area contributed by atoms with Gasteiger partial charge in [-0.2, -0.15) is 0 Å². The van der Waals surface area contributed by atoms with Crippen molar-refractivity contribution >= 4 is 17.6 Å². The minimum Gasteiger partial charge on any atom is -0.447 e. The van der Waals surface area contributed by atoms with Crippen LogP contribution in [0.2, 0.25) is 0 Å². The Labute approximate surface area is 122 Å². The number of benzene rings is 1. The number of ether oxygens (including phenoxy) is 1. The molecule has 2 rings (SSSR count). The number of amides is 1. The fourth-order valence-corrected chi connectivity index (χ4v) is 1.70. The number of aryl methyl sites for hydroxylation is 2. The van der Waals surface area contributed by atoms with Gasteiger partial charge >= 0.3 is 5.97 Å². The molecule has 0 aliphatic rings. The number of hydrogen-bond acceptors (Lipinski definition) is 5. The van der Waals surface area contributed by atoms with Crippen molar-refractivity contribution < 1.29 is 18.8 Å². The first kappa shape index (κ1) is 14.8. The molecular weight excluding hydrogens is 272 g/mol. The number of nitrogens with one attached hydrogen (secondary N) is 1. The summed E-state index contributed by atoms with van der Waals surface area (Å²) >= 11 is 0. The largest absolute Gasteiger partial charge is 0.447 e. The second kappa shape index (κ2) is 6.21. The zero-order chi connectivity index (χ0) is 15.4. The Morgan fingerprint density at radius 3 is 2.67 bits per heavy atom. The lowest BCUT2D eigenvalue weighted by Gasteiger charge is -2.12. The molecule has 1 amide bonds. The Kier molecular flexibility index (Phi) is 4.37. The van der Waals surface area contributed by atoms with E-state index < -0.39 is 18.0 Å². The van der Waals surface area contributed by atoms with Crippen molar-refractivity contribution in [3.8, 4) is 0 Å². The molecule has 0 saturated carbocycles. The van der Waals surface area contributed by atoms with Gasteiger partial charge in [0.05, 0.1) is 5.69 Å². The molecule has 0 saturated heterocycles. The molecule has 1 aromatic carbocycles. The van der Waals surface area contributed by atoms with Crippen molar-refractivity contribution in [2.45, 2.75) is 26.9 Å². The van der Waals surface area contributed by atoms with Crippen molar-refractivity contribution in [1.29, 1.82) is 0 Å². The molecule has 1 N–H and O–H groups in total. The molecule has 2 aromatic rings. The second-order valence-electron chi connectivity index (χ2n) is 4.74. The van der Waals surface area contributed by atoms with E-state index in [1.165, 1.54) is 13.0 Å². The zero-order valence-corrected chi connectivity index (χ0v) is 12.0. The van der Waals surface area contributed by atoms with Crippen LogP contribution >= 0.6 is 0 Å². The van der Waals surface area contributed by atoms with Crippen LogP contribution in [0.3, 0.4) is 0 Å². The summed E-state index contributed by atoms with van der Waals surface area (Å²) in [7, 11) is 0. The van der Waals surface area contributed by atoms with Crippen LogP contribution in [0.5, 0.6) is 0 Å². The minimum absolute atomic E-state index is 0.0253. The van der Waals surface area contributed by atoms with E-state index >= 15 is 0 Å². The van der Waals surface area contributed by atoms with Gasteiger partial charge in [-0.1, -0.05) is 17.3 Å². The summed E-state index contributed by atoms with van der Waals surface area (Å²) < 4.78 is 9.81.